The highest BCUT2D eigenvalue weighted by Crippen LogP contribution is 2.27. The first-order chi connectivity index (χ1) is 12.7. The summed E-state index contributed by atoms with van der Waals surface area (Å²) >= 11 is 1.47. The van der Waals surface area contributed by atoms with Gasteiger partial charge in [-0.25, -0.2) is 9.67 Å². The zero-order chi connectivity index (χ0) is 18.1. The molecule has 26 heavy (non-hydrogen) atoms. The molecule has 1 amide bonds. The summed E-state index contributed by atoms with van der Waals surface area (Å²) in [6.07, 6.45) is 5.72. The number of rotatable bonds is 4. The summed E-state index contributed by atoms with van der Waals surface area (Å²) in [4.78, 5) is 19.1. The van der Waals surface area contributed by atoms with Gasteiger partial charge >= 0.3 is 0 Å². The first kappa shape index (κ1) is 16.9. The Kier molecular flexibility index (Phi) is 4.57. The highest BCUT2D eigenvalue weighted by Gasteiger charge is 2.29. The van der Waals surface area contributed by atoms with E-state index >= 15 is 0 Å². The number of nitrogens with zero attached hydrogens (tertiary/aromatic N) is 4. The molecule has 0 spiro atoms. The molecule has 0 unspecified atom stereocenters. The lowest BCUT2D eigenvalue weighted by Gasteiger charge is -2.22. The Morgan fingerprint density at radius 1 is 1.38 bits per heavy atom. The summed E-state index contributed by atoms with van der Waals surface area (Å²) in [5, 5.41) is 7.08. The predicted octanol–water partition coefficient (Wildman–Crippen LogP) is 2.87. The number of hydrogen-bond donors (Lipinski definition) is 1. The number of amides is 1. The Bertz CT molecular complexity index is 931. The molecule has 134 valence electrons. The van der Waals surface area contributed by atoms with Crippen molar-refractivity contribution in [3.63, 3.8) is 0 Å². The van der Waals surface area contributed by atoms with Crippen LogP contribution in [0.25, 0.3) is 16.3 Å². The van der Waals surface area contributed by atoms with Crippen LogP contribution >= 0.6 is 11.3 Å². The normalized spacial score (nSPS) is 17.0. The van der Waals surface area contributed by atoms with Crippen molar-refractivity contribution in [3.05, 3.63) is 53.3 Å². The van der Waals surface area contributed by atoms with Crippen LogP contribution in [0, 0.1) is 6.92 Å². The Balaban J connectivity index is 1.57. The fourth-order valence-electron chi connectivity index (χ4n) is 3.39. The summed E-state index contributed by atoms with van der Waals surface area (Å²) < 4.78 is 1.85. The van der Waals surface area contributed by atoms with E-state index in [0.717, 1.165) is 41.2 Å². The fourth-order valence-corrected chi connectivity index (χ4v) is 4.15. The van der Waals surface area contributed by atoms with Gasteiger partial charge in [0.2, 0.25) is 0 Å². The SMILES string of the molecule is Cc1ccccc1-n1cc(-c2nc(C(=O)N3CCC[C@@H]3CN)cs2)cn1. The third-order valence-electron chi connectivity index (χ3n) is 4.83. The molecule has 1 saturated heterocycles. The van der Waals surface area contributed by atoms with Gasteiger partial charge in [-0.05, 0) is 31.4 Å². The molecule has 0 bridgehead atoms. The molecule has 1 atom stereocenters. The van der Waals surface area contributed by atoms with Gasteiger partial charge in [0.25, 0.3) is 5.91 Å². The van der Waals surface area contributed by atoms with Crippen molar-refractivity contribution >= 4 is 17.2 Å². The van der Waals surface area contributed by atoms with Gasteiger partial charge in [-0.1, -0.05) is 18.2 Å². The van der Waals surface area contributed by atoms with Crippen LogP contribution in [-0.2, 0) is 0 Å². The van der Waals surface area contributed by atoms with Crippen LogP contribution in [0.4, 0.5) is 0 Å². The molecule has 6 nitrogen and oxygen atoms in total. The van der Waals surface area contributed by atoms with Gasteiger partial charge in [0.1, 0.15) is 10.7 Å². The summed E-state index contributed by atoms with van der Waals surface area (Å²) in [6.45, 7) is 3.32. The number of hydrogen-bond acceptors (Lipinski definition) is 5. The molecule has 4 rings (SSSR count). The Labute approximate surface area is 156 Å². The zero-order valence-electron chi connectivity index (χ0n) is 14.6. The second-order valence-corrected chi connectivity index (χ2v) is 7.39. The molecular weight excluding hydrogens is 346 g/mol. The minimum Gasteiger partial charge on any atom is -0.333 e. The second-order valence-electron chi connectivity index (χ2n) is 6.53. The molecule has 1 aliphatic heterocycles. The van der Waals surface area contributed by atoms with E-state index in [9.17, 15) is 4.79 Å². The molecule has 1 aliphatic rings. The molecule has 7 heteroatoms. The molecule has 0 aliphatic carbocycles. The van der Waals surface area contributed by atoms with Crippen molar-refractivity contribution in [1.82, 2.24) is 19.7 Å². The van der Waals surface area contributed by atoms with E-state index in [4.69, 9.17) is 5.73 Å². The monoisotopic (exact) mass is 367 g/mol. The van der Waals surface area contributed by atoms with E-state index in [1.165, 1.54) is 11.3 Å². The number of para-hydroxylation sites is 1. The number of nitrogens with two attached hydrogens (primary N) is 1. The quantitative estimate of drug-likeness (QED) is 0.769. The lowest BCUT2D eigenvalue weighted by Crippen LogP contribution is -2.40. The average Bonchev–Trinajstić information content (AvgIpc) is 3.40. The topological polar surface area (TPSA) is 77.0 Å². The molecule has 1 fully saturated rings. The molecule has 2 aromatic heterocycles. The van der Waals surface area contributed by atoms with E-state index in [1.807, 2.05) is 39.4 Å². The smallest absolute Gasteiger partial charge is 0.273 e. The van der Waals surface area contributed by atoms with Crippen molar-refractivity contribution in [1.29, 1.82) is 0 Å². The average molecular weight is 367 g/mol. The van der Waals surface area contributed by atoms with Crippen molar-refractivity contribution in [2.45, 2.75) is 25.8 Å². The number of aromatic nitrogens is 3. The molecule has 3 heterocycles. The number of aryl methyl sites for hydroxylation is 1. The van der Waals surface area contributed by atoms with Crippen LogP contribution in [0.5, 0.6) is 0 Å². The molecule has 1 aromatic carbocycles. The molecule has 2 N–H and O–H groups in total. The lowest BCUT2D eigenvalue weighted by molar-refractivity contribution is 0.0736. The van der Waals surface area contributed by atoms with Crippen molar-refractivity contribution in [2.24, 2.45) is 5.73 Å². The predicted molar refractivity (Wildman–Crippen MR) is 103 cm³/mol. The third kappa shape index (κ3) is 3.04. The van der Waals surface area contributed by atoms with Crippen LogP contribution in [0.2, 0.25) is 0 Å². The minimum atomic E-state index is -0.0215. The van der Waals surface area contributed by atoms with Crippen LogP contribution in [0.1, 0.15) is 28.9 Å². The maximum absolute atomic E-state index is 12.7. The lowest BCUT2D eigenvalue weighted by atomic mass is 10.2. The van der Waals surface area contributed by atoms with Crippen LogP contribution in [-0.4, -0.2) is 44.7 Å². The van der Waals surface area contributed by atoms with Gasteiger partial charge in [0.15, 0.2) is 0 Å². The van der Waals surface area contributed by atoms with Crippen LogP contribution in [0.3, 0.4) is 0 Å². The Morgan fingerprint density at radius 3 is 3.04 bits per heavy atom. The Morgan fingerprint density at radius 2 is 2.23 bits per heavy atom. The van der Waals surface area contributed by atoms with Crippen molar-refractivity contribution < 1.29 is 4.79 Å². The number of likely N-dealkylation sites (tertiary alicyclic amines) is 1. The highest BCUT2D eigenvalue weighted by molar-refractivity contribution is 7.13. The summed E-state index contributed by atoms with van der Waals surface area (Å²) in [7, 11) is 0. The van der Waals surface area contributed by atoms with E-state index in [2.05, 4.69) is 23.1 Å². The Hall–Kier alpha value is -2.51. The van der Waals surface area contributed by atoms with E-state index in [0.29, 0.717) is 12.2 Å². The fraction of sp³-hybridized carbons (Fsp3) is 0.316. The maximum atomic E-state index is 12.7. The summed E-state index contributed by atoms with van der Waals surface area (Å²) in [5.74, 6) is -0.0215. The van der Waals surface area contributed by atoms with Gasteiger partial charge in [-0.3, -0.25) is 4.79 Å². The van der Waals surface area contributed by atoms with E-state index in [-0.39, 0.29) is 11.9 Å². The van der Waals surface area contributed by atoms with Gasteiger partial charge in [0.05, 0.1) is 11.9 Å². The standard InChI is InChI=1S/C19H21N5OS/c1-13-5-2-3-7-17(13)24-11-14(10-21-24)18-22-16(12-26-18)19(25)23-8-4-6-15(23)9-20/h2-3,5,7,10-12,15H,4,6,8-9,20H2,1H3/t15-/m1/s1. The summed E-state index contributed by atoms with van der Waals surface area (Å²) in [5.41, 5.74) is 9.38. The molecular formula is C19H21N5OS. The van der Waals surface area contributed by atoms with E-state index in [1.54, 1.807) is 6.20 Å². The van der Waals surface area contributed by atoms with Crippen LogP contribution in [0.15, 0.2) is 42.0 Å². The van der Waals surface area contributed by atoms with Crippen molar-refractivity contribution in [2.75, 3.05) is 13.1 Å². The largest absolute Gasteiger partial charge is 0.333 e. The number of benzene rings is 1. The van der Waals surface area contributed by atoms with Gasteiger partial charge in [0, 0.05) is 36.3 Å². The number of carbonyl (C=O) groups excluding carboxylic acids is 1. The van der Waals surface area contributed by atoms with Gasteiger partial charge < -0.3 is 10.6 Å². The first-order valence-electron chi connectivity index (χ1n) is 8.75. The van der Waals surface area contributed by atoms with Gasteiger partial charge in [-0.15, -0.1) is 11.3 Å². The minimum absolute atomic E-state index is 0.0215. The second kappa shape index (κ2) is 7.01. The first-order valence-corrected chi connectivity index (χ1v) is 9.63. The third-order valence-corrected chi connectivity index (χ3v) is 5.72. The van der Waals surface area contributed by atoms with Crippen molar-refractivity contribution in [3.8, 4) is 16.3 Å². The number of carbonyl (C=O) groups is 1. The number of thiazole rings is 1. The van der Waals surface area contributed by atoms with Crippen LogP contribution < -0.4 is 5.73 Å². The summed E-state index contributed by atoms with van der Waals surface area (Å²) in [6, 6.07) is 8.23. The van der Waals surface area contributed by atoms with Gasteiger partial charge in [-0.2, -0.15) is 5.10 Å². The highest BCUT2D eigenvalue weighted by atomic mass is 32.1. The maximum Gasteiger partial charge on any atom is 0.273 e. The van der Waals surface area contributed by atoms with E-state index < -0.39 is 0 Å². The zero-order valence-corrected chi connectivity index (χ0v) is 15.4. The molecule has 3 aromatic rings. The molecule has 0 radical (unpaired) electrons. The molecule has 0 saturated carbocycles.